The highest BCUT2D eigenvalue weighted by atomic mass is 19.1. The van der Waals surface area contributed by atoms with Crippen molar-refractivity contribution in [2.24, 2.45) is 16.8 Å². The van der Waals surface area contributed by atoms with Gasteiger partial charge in [0.25, 0.3) is 0 Å². The number of nitrogens with two attached hydrogens (primary N) is 1. The molecule has 1 heterocycles. The molecule has 0 aliphatic carbocycles. The zero-order valence-corrected chi connectivity index (χ0v) is 8.32. The van der Waals surface area contributed by atoms with Crippen molar-refractivity contribution in [1.82, 2.24) is 4.90 Å². The van der Waals surface area contributed by atoms with Gasteiger partial charge in [0, 0.05) is 12.5 Å². The van der Waals surface area contributed by atoms with Gasteiger partial charge in [0.2, 0.25) is 0 Å². The van der Waals surface area contributed by atoms with Gasteiger partial charge in [-0.3, -0.25) is 4.39 Å². The standard InChI is InChI=1S/C9H18FN3O/c10-4-1-5-13-6-2-8(3-7-13)9(11)12-14/h8,14H,1-7H2,(H2,11,12). The molecule has 3 N–H and O–H groups in total. The van der Waals surface area contributed by atoms with Gasteiger partial charge in [-0.15, -0.1) is 0 Å². The Kier molecular flexibility index (Phi) is 4.65. The summed E-state index contributed by atoms with van der Waals surface area (Å²) in [5.41, 5.74) is 5.51. The predicted molar refractivity (Wildman–Crippen MR) is 53.2 cm³/mol. The monoisotopic (exact) mass is 203 g/mol. The summed E-state index contributed by atoms with van der Waals surface area (Å²) < 4.78 is 11.9. The van der Waals surface area contributed by atoms with Crippen LogP contribution in [0.2, 0.25) is 0 Å². The Morgan fingerprint density at radius 3 is 2.64 bits per heavy atom. The molecule has 4 nitrogen and oxygen atoms in total. The largest absolute Gasteiger partial charge is 0.409 e. The summed E-state index contributed by atoms with van der Waals surface area (Å²) in [6.07, 6.45) is 2.42. The van der Waals surface area contributed by atoms with Gasteiger partial charge in [0.1, 0.15) is 5.84 Å². The molecule has 1 fully saturated rings. The van der Waals surface area contributed by atoms with E-state index >= 15 is 0 Å². The fraction of sp³-hybridized carbons (Fsp3) is 0.889. The topological polar surface area (TPSA) is 61.9 Å². The summed E-state index contributed by atoms with van der Waals surface area (Å²) in [5.74, 6) is 0.525. The predicted octanol–water partition coefficient (Wildman–Crippen LogP) is 0.804. The third-order valence-electron chi connectivity index (χ3n) is 2.73. The van der Waals surface area contributed by atoms with Crippen molar-refractivity contribution in [3.05, 3.63) is 0 Å². The van der Waals surface area contributed by atoms with Crippen LogP contribution in [-0.4, -0.2) is 42.3 Å². The third kappa shape index (κ3) is 3.14. The first kappa shape index (κ1) is 11.2. The molecule has 1 rings (SSSR count). The maximum Gasteiger partial charge on any atom is 0.142 e. The van der Waals surface area contributed by atoms with E-state index in [9.17, 15) is 4.39 Å². The molecule has 0 aromatic heterocycles. The van der Waals surface area contributed by atoms with E-state index in [4.69, 9.17) is 10.9 Å². The summed E-state index contributed by atoms with van der Waals surface area (Å²) >= 11 is 0. The second kappa shape index (κ2) is 5.80. The molecule has 1 aliphatic heterocycles. The number of amidine groups is 1. The summed E-state index contributed by atoms with van der Waals surface area (Å²) in [6.45, 7) is 2.40. The van der Waals surface area contributed by atoms with E-state index in [1.807, 2.05) is 0 Å². The summed E-state index contributed by atoms with van der Waals surface area (Å²) in [4.78, 5) is 2.22. The lowest BCUT2D eigenvalue weighted by Gasteiger charge is -2.30. The van der Waals surface area contributed by atoms with Crippen molar-refractivity contribution in [2.45, 2.75) is 19.3 Å². The molecule has 0 bridgehead atoms. The number of likely N-dealkylation sites (tertiary alicyclic amines) is 1. The first-order valence-electron chi connectivity index (χ1n) is 5.03. The molecule has 0 aromatic rings. The highest BCUT2D eigenvalue weighted by molar-refractivity contribution is 5.82. The average Bonchev–Trinajstić information content (AvgIpc) is 2.26. The Hall–Kier alpha value is -0.840. The molecule has 82 valence electrons. The minimum atomic E-state index is -0.250. The van der Waals surface area contributed by atoms with Crippen molar-refractivity contribution in [3.8, 4) is 0 Å². The van der Waals surface area contributed by atoms with Crippen LogP contribution in [0.15, 0.2) is 5.16 Å². The van der Waals surface area contributed by atoms with Crippen molar-refractivity contribution in [3.63, 3.8) is 0 Å². The molecule has 0 atom stereocenters. The van der Waals surface area contributed by atoms with Gasteiger partial charge in [-0.1, -0.05) is 5.16 Å². The smallest absolute Gasteiger partial charge is 0.142 e. The van der Waals surface area contributed by atoms with Gasteiger partial charge in [0.15, 0.2) is 0 Å². The summed E-state index contributed by atoms with van der Waals surface area (Å²) in [5, 5.41) is 11.5. The van der Waals surface area contributed by atoms with Crippen LogP contribution < -0.4 is 5.73 Å². The lowest BCUT2D eigenvalue weighted by atomic mass is 9.96. The quantitative estimate of drug-likeness (QED) is 0.307. The zero-order chi connectivity index (χ0) is 10.4. The normalized spacial score (nSPS) is 21.4. The number of hydrogen-bond donors (Lipinski definition) is 2. The highest BCUT2D eigenvalue weighted by Crippen LogP contribution is 2.17. The molecule has 0 aromatic carbocycles. The Labute approximate surface area is 83.6 Å². The lowest BCUT2D eigenvalue weighted by molar-refractivity contribution is 0.198. The fourth-order valence-electron chi connectivity index (χ4n) is 1.82. The highest BCUT2D eigenvalue weighted by Gasteiger charge is 2.21. The van der Waals surface area contributed by atoms with Crippen LogP contribution in [0.1, 0.15) is 19.3 Å². The molecule has 0 saturated carbocycles. The second-order valence-corrected chi connectivity index (χ2v) is 3.68. The van der Waals surface area contributed by atoms with Gasteiger partial charge in [-0.25, -0.2) is 0 Å². The number of nitrogens with zero attached hydrogens (tertiary/aromatic N) is 2. The van der Waals surface area contributed by atoms with E-state index in [0.717, 1.165) is 32.5 Å². The van der Waals surface area contributed by atoms with Crippen LogP contribution in [0.5, 0.6) is 0 Å². The van der Waals surface area contributed by atoms with Crippen LogP contribution in [0, 0.1) is 5.92 Å². The Bertz CT molecular complexity index is 190. The number of rotatable bonds is 4. The fourth-order valence-corrected chi connectivity index (χ4v) is 1.82. The molecule has 14 heavy (non-hydrogen) atoms. The number of alkyl halides is 1. The maximum absolute atomic E-state index is 11.9. The molecule has 0 amide bonds. The maximum atomic E-state index is 11.9. The lowest BCUT2D eigenvalue weighted by Crippen LogP contribution is -2.39. The number of hydrogen-bond acceptors (Lipinski definition) is 3. The molecule has 5 heteroatoms. The molecular formula is C9H18FN3O. The van der Waals surface area contributed by atoms with Crippen LogP contribution in [-0.2, 0) is 0 Å². The van der Waals surface area contributed by atoms with Crippen LogP contribution in [0.25, 0.3) is 0 Å². The molecule has 0 radical (unpaired) electrons. The minimum Gasteiger partial charge on any atom is -0.409 e. The van der Waals surface area contributed by atoms with Crippen LogP contribution >= 0.6 is 0 Å². The van der Waals surface area contributed by atoms with Crippen molar-refractivity contribution in [1.29, 1.82) is 0 Å². The Morgan fingerprint density at radius 2 is 2.14 bits per heavy atom. The van der Waals surface area contributed by atoms with E-state index in [1.54, 1.807) is 0 Å². The summed E-state index contributed by atoms with van der Waals surface area (Å²) in [7, 11) is 0. The van der Waals surface area contributed by atoms with Gasteiger partial charge in [-0.05, 0) is 32.4 Å². The SMILES string of the molecule is NC(=NO)C1CCN(CCCF)CC1. The Morgan fingerprint density at radius 1 is 1.50 bits per heavy atom. The zero-order valence-electron chi connectivity index (χ0n) is 8.32. The van der Waals surface area contributed by atoms with Crippen LogP contribution in [0.4, 0.5) is 4.39 Å². The van der Waals surface area contributed by atoms with Gasteiger partial charge >= 0.3 is 0 Å². The van der Waals surface area contributed by atoms with Gasteiger partial charge in [-0.2, -0.15) is 0 Å². The molecule has 0 spiro atoms. The van der Waals surface area contributed by atoms with E-state index in [1.165, 1.54) is 0 Å². The van der Waals surface area contributed by atoms with E-state index < -0.39 is 0 Å². The van der Waals surface area contributed by atoms with Crippen molar-refractivity contribution in [2.75, 3.05) is 26.3 Å². The average molecular weight is 203 g/mol. The number of halogens is 1. The first-order chi connectivity index (χ1) is 6.77. The molecule has 1 saturated heterocycles. The molecule has 1 aliphatic rings. The third-order valence-corrected chi connectivity index (χ3v) is 2.73. The number of oxime groups is 1. The van der Waals surface area contributed by atoms with Crippen LogP contribution in [0.3, 0.4) is 0 Å². The first-order valence-corrected chi connectivity index (χ1v) is 5.03. The number of piperidine rings is 1. The van der Waals surface area contributed by atoms with Crippen molar-refractivity contribution < 1.29 is 9.60 Å². The molecular weight excluding hydrogens is 185 g/mol. The Balaban J connectivity index is 2.24. The van der Waals surface area contributed by atoms with E-state index in [0.29, 0.717) is 12.3 Å². The van der Waals surface area contributed by atoms with Gasteiger partial charge in [0.05, 0.1) is 6.67 Å². The van der Waals surface area contributed by atoms with E-state index in [2.05, 4.69) is 10.1 Å². The van der Waals surface area contributed by atoms with Crippen molar-refractivity contribution >= 4 is 5.84 Å². The molecule has 0 unspecified atom stereocenters. The van der Waals surface area contributed by atoms with Gasteiger partial charge < -0.3 is 15.8 Å². The summed E-state index contributed by atoms with van der Waals surface area (Å²) in [6, 6.07) is 0. The second-order valence-electron chi connectivity index (χ2n) is 3.68. The van der Waals surface area contributed by atoms with E-state index in [-0.39, 0.29) is 12.6 Å². The minimum absolute atomic E-state index is 0.196.